The highest BCUT2D eigenvalue weighted by Crippen LogP contribution is 2.22. The number of ether oxygens (including phenoxy) is 2. The average molecular weight is 294 g/mol. The van der Waals surface area contributed by atoms with Gasteiger partial charge < -0.3 is 29.9 Å². The van der Waals surface area contributed by atoms with Gasteiger partial charge in [0.2, 0.25) is 0 Å². The summed E-state index contributed by atoms with van der Waals surface area (Å²) in [5, 5.41) is 38.0. The van der Waals surface area contributed by atoms with Gasteiger partial charge in [0.05, 0.1) is 6.61 Å². The van der Waals surface area contributed by atoms with Gasteiger partial charge in [-0.15, -0.1) is 0 Å². The van der Waals surface area contributed by atoms with Crippen molar-refractivity contribution in [3.63, 3.8) is 0 Å². The molecule has 0 aromatic carbocycles. The van der Waals surface area contributed by atoms with Crippen LogP contribution >= 0.6 is 0 Å². The zero-order valence-electron chi connectivity index (χ0n) is 11.8. The molecule has 1 heterocycles. The first-order chi connectivity index (χ1) is 8.76. The molecule has 1 aliphatic rings. The lowest BCUT2D eigenvalue weighted by Crippen LogP contribution is -2.59. The molecule has 19 heavy (non-hydrogen) atoms. The predicted molar refractivity (Wildman–Crippen MR) is 72.5 cm³/mol. The van der Waals surface area contributed by atoms with Gasteiger partial charge in [0, 0.05) is 14.7 Å². The van der Waals surface area contributed by atoms with Gasteiger partial charge in [-0.3, -0.25) is 0 Å². The van der Waals surface area contributed by atoms with E-state index < -0.39 is 45.4 Å². The third-order valence-electron chi connectivity index (χ3n) is 3.20. The molecule has 0 saturated carbocycles. The van der Waals surface area contributed by atoms with E-state index in [1.54, 1.807) is 0 Å². The van der Waals surface area contributed by atoms with Crippen LogP contribution in [0.1, 0.15) is 6.42 Å². The van der Waals surface area contributed by atoms with Crippen molar-refractivity contribution in [2.75, 3.05) is 13.2 Å². The van der Waals surface area contributed by atoms with E-state index in [2.05, 4.69) is 19.6 Å². The second-order valence-electron chi connectivity index (χ2n) is 6.23. The lowest BCUT2D eigenvalue weighted by Gasteiger charge is -2.39. The van der Waals surface area contributed by atoms with E-state index in [4.69, 9.17) is 14.6 Å². The van der Waals surface area contributed by atoms with E-state index in [1.165, 1.54) is 0 Å². The Morgan fingerprint density at radius 3 is 2.21 bits per heavy atom. The summed E-state index contributed by atoms with van der Waals surface area (Å²) in [6, 6.07) is 1.10. The van der Waals surface area contributed by atoms with Crippen LogP contribution in [0, 0.1) is 0 Å². The van der Waals surface area contributed by atoms with Gasteiger partial charge in [-0.05, 0) is 6.42 Å². The molecule has 0 radical (unpaired) electrons. The molecular formula is C12H26O6Si. The minimum Gasteiger partial charge on any atom is -0.394 e. The van der Waals surface area contributed by atoms with Crippen LogP contribution in [0.3, 0.4) is 0 Å². The molecule has 1 aliphatic heterocycles. The van der Waals surface area contributed by atoms with Crippen LogP contribution in [0.15, 0.2) is 0 Å². The molecule has 0 aromatic rings. The van der Waals surface area contributed by atoms with E-state index in [1.807, 2.05) is 0 Å². The maximum absolute atomic E-state index is 9.75. The van der Waals surface area contributed by atoms with E-state index in [0.717, 1.165) is 12.5 Å². The molecule has 7 heteroatoms. The van der Waals surface area contributed by atoms with Crippen LogP contribution in [0.4, 0.5) is 0 Å². The Morgan fingerprint density at radius 1 is 1.05 bits per heavy atom. The van der Waals surface area contributed by atoms with Gasteiger partial charge >= 0.3 is 0 Å². The summed E-state index contributed by atoms with van der Waals surface area (Å²) in [7, 11) is -1.12. The summed E-state index contributed by atoms with van der Waals surface area (Å²) in [6.07, 6.45) is -5.04. The van der Waals surface area contributed by atoms with E-state index in [-0.39, 0.29) is 0 Å². The molecule has 1 rings (SSSR count). The minimum atomic E-state index is -1.37. The van der Waals surface area contributed by atoms with Crippen molar-refractivity contribution in [1.29, 1.82) is 0 Å². The first-order valence-electron chi connectivity index (χ1n) is 6.68. The number of aliphatic hydroxyl groups is 4. The molecule has 0 aromatic heterocycles. The summed E-state index contributed by atoms with van der Waals surface area (Å²) in [6.45, 7) is 6.79. The molecular weight excluding hydrogens is 268 g/mol. The zero-order valence-corrected chi connectivity index (χ0v) is 12.8. The largest absolute Gasteiger partial charge is 0.394 e. The van der Waals surface area contributed by atoms with Crippen LogP contribution in [-0.2, 0) is 9.47 Å². The normalized spacial score (nSPS) is 36.5. The summed E-state index contributed by atoms with van der Waals surface area (Å²) in [5.74, 6) is 0. The molecule has 1 fully saturated rings. The van der Waals surface area contributed by atoms with Crippen LogP contribution in [0.5, 0.6) is 0 Å². The van der Waals surface area contributed by atoms with Crippen LogP contribution in [0.2, 0.25) is 25.7 Å². The number of aliphatic hydroxyl groups excluding tert-OH is 4. The van der Waals surface area contributed by atoms with Crippen LogP contribution in [-0.4, -0.2) is 72.4 Å². The van der Waals surface area contributed by atoms with Crippen molar-refractivity contribution in [3.8, 4) is 0 Å². The minimum absolute atomic E-state index is 0.424. The Morgan fingerprint density at radius 2 is 1.68 bits per heavy atom. The lowest BCUT2D eigenvalue weighted by molar-refractivity contribution is -0.300. The highest BCUT2D eigenvalue weighted by atomic mass is 28.3. The Hall–Kier alpha value is -0.0231. The Kier molecular flexibility index (Phi) is 6.38. The van der Waals surface area contributed by atoms with Gasteiger partial charge in [-0.1, -0.05) is 25.7 Å². The Balaban J connectivity index is 2.40. The van der Waals surface area contributed by atoms with Gasteiger partial charge in [-0.25, -0.2) is 0 Å². The zero-order chi connectivity index (χ0) is 14.6. The fourth-order valence-corrected chi connectivity index (χ4v) is 3.21. The van der Waals surface area contributed by atoms with Gasteiger partial charge in [-0.2, -0.15) is 0 Å². The monoisotopic (exact) mass is 294 g/mol. The number of hydrogen-bond acceptors (Lipinski definition) is 6. The first-order valence-corrected chi connectivity index (χ1v) is 10.4. The van der Waals surface area contributed by atoms with Gasteiger partial charge in [0.25, 0.3) is 0 Å². The van der Waals surface area contributed by atoms with Gasteiger partial charge in [0.15, 0.2) is 6.29 Å². The van der Waals surface area contributed by atoms with E-state index in [0.29, 0.717) is 6.61 Å². The Labute approximate surface area is 115 Å². The van der Waals surface area contributed by atoms with Crippen molar-refractivity contribution in [2.24, 2.45) is 0 Å². The predicted octanol–water partition coefficient (Wildman–Crippen LogP) is -0.469. The third-order valence-corrected chi connectivity index (χ3v) is 5.06. The molecule has 0 unspecified atom stereocenters. The second-order valence-corrected chi connectivity index (χ2v) is 11.9. The van der Waals surface area contributed by atoms with E-state index >= 15 is 0 Å². The van der Waals surface area contributed by atoms with Crippen molar-refractivity contribution in [1.82, 2.24) is 0 Å². The molecule has 0 spiro atoms. The van der Waals surface area contributed by atoms with Gasteiger partial charge in [0.1, 0.15) is 24.4 Å². The summed E-state index contributed by atoms with van der Waals surface area (Å²) in [4.78, 5) is 0. The summed E-state index contributed by atoms with van der Waals surface area (Å²) >= 11 is 0. The number of hydrogen-bond donors (Lipinski definition) is 4. The first kappa shape index (κ1) is 17.0. The molecule has 1 saturated heterocycles. The maximum Gasteiger partial charge on any atom is 0.186 e. The number of rotatable bonds is 6. The molecule has 0 bridgehead atoms. The summed E-state index contributed by atoms with van der Waals surface area (Å²) in [5.41, 5.74) is 0. The molecule has 0 aliphatic carbocycles. The molecule has 5 atom stereocenters. The fourth-order valence-electron chi connectivity index (χ4n) is 2.01. The van der Waals surface area contributed by atoms with Crippen LogP contribution in [0.25, 0.3) is 0 Å². The third kappa shape index (κ3) is 5.11. The average Bonchev–Trinajstić information content (AvgIpc) is 2.33. The maximum atomic E-state index is 9.75. The van der Waals surface area contributed by atoms with E-state index in [9.17, 15) is 15.3 Å². The van der Waals surface area contributed by atoms with Crippen molar-refractivity contribution in [3.05, 3.63) is 0 Å². The Bertz CT molecular complexity index is 267. The summed E-state index contributed by atoms with van der Waals surface area (Å²) < 4.78 is 10.7. The lowest BCUT2D eigenvalue weighted by atomic mass is 9.99. The molecule has 4 N–H and O–H groups in total. The van der Waals surface area contributed by atoms with Crippen LogP contribution < -0.4 is 0 Å². The molecule has 6 nitrogen and oxygen atoms in total. The van der Waals surface area contributed by atoms with Crippen molar-refractivity contribution in [2.45, 2.75) is 62.8 Å². The van der Waals surface area contributed by atoms with Crippen molar-refractivity contribution >= 4 is 8.07 Å². The highest BCUT2D eigenvalue weighted by Gasteiger charge is 2.43. The smallest absolute Gasteiger partial charge is 0.186 e. The van der Waals surface area contributed by atoms with Crippen molar-refractivity contribution < 1.29 is 29.9 Å². The highest BCUT2D eigenvalue weighted by molar-refractivity contribution is 6.76. The molecule has 0 amide bonds. The topological polar surface area (TPSA) is 99.4 Å². The standard InChI is InChI=1S/C12H26O6Si/c1-19(2,3)6-4-5-17-12-11(16)10(15)9(14)8(7-13)18-12/h8-16H,4-7H2,1-3H3/t8-,9-,10+,11-,12+/m1/s1. The quantitative estimate of drug-likeness (QED) is 0.390. The SMILES string of the molecule is C[Si](C)(C)CCCO[C@H]1O[C@H](CO)[C@@H](O)[C@H](O)[C@H]1O. The second kappa shape index (κ2) is 7.12. The fraction of sp³-hybridized carbons (Fsp3) is 1.00. The molecule has 114 valence electrons.